The van der Waals surface area contributed by atoms with Crippen LogP contribution in [-0.4, -0.2) is 93.9 Å². The van der Waals surface area contributed by atoms with Crippen LogP contribution < -0.4 is 27.0 Å². The van der Waals surface area contributed by atoms with Crippen LogP contribution in [0.3, 0.4) is 0 Å². The molecule has 3 rings (SSSR count). The summed E-state index contributed by atoms with van der Waals surface area (Å²) in [6, 6.07) is 8.05. The molecule has 8 N–H and O–H groups in total. The van der Waals surface area contributed by atoms with E-state index in [0.717, 1.165) is 5.56 Å². The minimum Gasteiger partial charge on any atom is -0.508 e. The molecule has 1 heterocycles. The Kier molecular flexibility index (Phi) is 17.5. The third kappa shape index (κ3) is 13.9. The van der Waals surface area contributed by atoms with Crippen molar-refractivity contribution in [3.05, 3.63) is 65.2 Å². The quantitative estimate of drug-likeness (QED) is 0.0969. The van der Waals surface area contributed by atoms with Gasteiger partial charge in [0, 0.05) is 18.5 Å². The number of amides is 5. The number of hydrogen-bond donors (Lipinski definition) is 7. The first-order chi connectivity index (χ1) is 26.9. The minimum atomic E-state index is -1.21. The van der Waals surface area contributed by atoms with Gasteiger partial charge < -0.3 is 42.1 Å². The van der Waals surface area contributed by atoms with Gasteiger partial charge in [-0.25, -0.2) is 4.79 Å². The molecule has 0 bridgehead atoms. The fourth-order valence-electron chi connectivity index (χ4n) is 6.87. The maximum absolute atomic E-state index is 14.2. The van der Waals surface area contributed by atoms with Gasteiger partial charge in [-0.2, -0.15) is 0 Å². The van der Waals surface area contributed by atoms with Gasteiger partial charge in [0.1, 0.15) is 36.0 Å². The lowest BCUT2D eigenvalue weighted by Gasteiger charge is -2.31. The number of aliphatic carboxylic acids is 1. The van der Waals surface area contributed by atoms with E-state index in [2.05, 4.69) is 42.0 Å². The zero-order chi connectivity index (χ0) is 42.4. The molecule has 0 aromatic heterocycles. The molecule has 6 atom stereocenters. The molecule has 0 spiro atoms. The van der Waals surface area contributed by atoms with Crippen molar-refractivity contribution in [3.63, 3.8) is 0 Å². The highest BCUT2D eigenvalue weighted by atomic mass is 16.4. The predicted molar refractivity (Wildman–Crippen MR) is 218 cm³/mol. The number of aromatic hydroxyl groups is 1. The standard InChI is InChI=1S/C43H64N6O8/c1-8-27(4)36(40(54)47-34(42(56)57)24-26(2)3)48-38(52)33(25-28-14-20-31(50)21-15-28)46-39(53)35-13-11-23-49(35)41(55)32(12-9-10-22-44)45-37(51)29-16-18-30(19-17-29)43(5,6)7/h14-21,26-27,32-36,50H,8-13,22-25,44H2,1-7H3,(H,45,51)(H,46,53)(H,47,54)(H,48,52)(H,56,57)/t27-,32+,33+,34+,35+,36+/m1/s1. The Morgan fingerprint density at radius 1 is 0.842 bits per heavy atom. The number of likely N-dealkylation sites (tertiary alicyclic amines) is 1. The normalized spacial score (nSPS) is 16.9. The van der Waals surface area contributed by atoms with Crippen LogP contribution in [0.5, 0.6) is 5.75 Å². The van der Waals surface area contributed by atoms with Gasteiger partial charge in [-0.1, -0.05) is 79.2 Å². The highest BCUT2D eigenvalue weighted by Gasteiger charge is 2.40. The fourth-order valence-corrected chi connectivity index (χ4v) is 6.87. The number of hydrogen-bond acceptors (Lipinski definition) is 8. The summed E-state index contributed by atoms with van der Waals surface area (Å²) in [4.78, 5) is 82.8. The Hall–Kier alpha value is -4.98. The number of carbonyl (C=O) groups excluding carboxylic acids is 5. The van der Waals surface area contributed by atoms with Gasteiger partial charge >= 0.3 is 5.97 Å². The molecule has 14 heteroatoms. The number of carbonyl (C=O) groups is 6. The smallest absolute Gasteiger partial charge is 0.326 e. The summed E-state index contributed by atoms with van der Waals surface area (Å²) < 4.78 is 0. The minimum absolute atomic E-state index is 0.00968. The van der Waals surface area contributed by atoms with Gasteiger partial charge in [-0.3, -0.25) is 24.0 Å². The number of nitrogens with two attached hydrogens (primary N) is 1. The molecule has 57 heavy (non-hydrogen) atoms. The number of rotatable bonds is 20. The Labute approximate surface area is 337 Å². The summed E-state index contributed by atoms with van der Waals surface area (Å²) in [7, 11) is 0. The lowest BCUT2D eigenvalue weighted by atomic mass is 9.86. The van der Waals surface area contributed by atoms with Crippen molar-refractivity contribution in [1.82, 2.24) is 26.2 Å². The van der Waals surface area contributed by atoms with Crippen molar-refractivity contribution in [2.24, 2.45) is 17.6 Å². The van der Waals surface area contributed by atoms with E-state index in [1.807, 2.05) is 32.9 Å². The second kappa shape index (κ2) is 21.5. The van der Waals surface area contributed by atoms with E-state index in [0.29, 0.717) is 56.2 Å². The monoisotopic (exact) mass is 792 g/mol. The van der Waals surface area contributed by atoms with Crippen LogP contribution in [0.4, 0.5) is 0 Å². The van der Waals surface area contributed by atoms with Crippen LogP contribution in [0.25, 0.3) is 0 Å². The molecule has 1 fully saturated rings. The van der Waals surface area contributed by atoms with Crippen molar-refractivity contribution < 1.29 is 39.0 Å². The molecule has 0 radical (unpaired) electrons. The molecular formula is C43H64N6O8. The highest BCUT2D eigenvalue weighted by Crippen LogP contribution is 2.24. The molecule has 2 aromatic carbocycles. The summed E-state index contributed by atoms with van der Waals surface area (Å²) in [5, 5.41) is 30.7. The molecule has 1 aliphatic rings. The number of unbranched alkanes of at least 4 members (excludes halogenated alkanes) is 1. The number of carboxylic acid groups (broad SMARTS) is 1. The summed E-state index contributed by atoms with van der Waals surface area (Å²) in [6.07, 6.45) is 3.05. The van der Waals surface area contributed by atoms with Crippen LogP contribution >= 0.6 is 0 Å². The Bertz CT molecular complexity index is 1670. The van der Waals surface area contributed by atoms with Crippen molar-refractivity contribution in [2.75, 3.05) is 13.1 Å². The van der Waals surface area contributed by atoms with Gasteiger partial charge in [0.2, 0.25) is 23.6 Å². The zero-order valence-corrected chi connectivity index (χ0v) is 34.6. The average Bonchev–Trinajstić information content (AvgIpc) is 3.66. The van der Waals surface area contributed by atoms with Crippen LogP contribution in [-0.2, 0) is 35.8 Å². The molecule has 314 valence electrons. The van der Waals surface area contributed by atoms with Crippen molar-refractivity contribution in [3.8, 4) is 5.75 Å². The third-order valence-corrected chi connectivity index (χ3v) is 10.5. The highest BCUT2D eigenvalue weighted by molar-refractivity contribution is 5.99. The molecule has 1 aliphatic heterocycles. The Balaban J connectivity index is 1.86. The number of carboxylic acids is 1. The number of benzene rings is 2. The van der Waals surface area contributed by atoms with Crippen LogP contribution in [0.15, 0.2) is 48.5 Å². The first-order valence-corrected chi connectivity index (χ1v) is 20.2. The predicted octanol–water partition coefficient (Wildman–Crippen LogP) is 3.78. The van der Waals surface area contributed by atoms with Crippen molar-refractivity contribution >= 4 is 35.5 Å². The van der Waals surface area contributed by atoms with E-state index >= 15 is 0 Å². The number of phenols is 1. The molecule has 5 amide bonds. The maximum Gasteiger partial charge on any atom is 0.326 e. The number of nitrogens with one attached hydrogen (secondary N) is 4. The molecule has 2 aromatic rings. The summed E-state index contributed by atoms with van der Waals surface area (Å²) in [5.74, 6) is -4.29. The molecule has 0 unspecified atom stereocenters. The molecule has 14 nitrogen and oxygen atoms in total. The van der Waals surface area contributed by atoms with Gasteiger partial charge in [0.15, 0.2) is 0 Å². The number of phenolic OH excluding ortho intramolecular Hbond substituents is 1. The largest absolute Gasteiger partial charge is 0.508 e. The fraction of sp³-hybridized carbons (Fsp3) is 0.581. The average molecular weight is 793 g/mol. The van der Waals surface area contributed by atoms with Gasteiger partial charge in [0.25, 0.3) is 5.91 Å². The van der Waals surface area contributed by atoms with Crippen molar-refractivity contribution in [2.45, 2.75) is 135 Å². The van der Waals surface area contributed by atoms with Gasteiger partial charge in [-0.15, -0.1) is 0 Å². The maximum atomic E-state index is 14.2. The van der Waals surface area contributed by atoms with E-state index in [1.165, 1.54) is 17.0 Å². The molecular weight excluding hydrogens is 729 g/mol. The summed E-state index contributed by atoms with van der Waals surface area (Å²) in [6.45, 7) is 14.2. The lowest BCUT2D eigenvalue weighted by Crippen LogP contribution is -2.60. The van der Waals surface area contributed by atoms with E-state index in [4.69, 9.17) is 5.73 Å². The zero-order valence-electron chi connectivity index (χ0n) is 34.6. The van der Waals surface area contributed by atoms with E-state index in [9.17, 15) is 39.0 Å². The SMILES string of the molecule is CC[C@@H](C)[C@H](NC(=O)[C@H](Cc1ccc(O)cc1)NC(=O)[C@@H]1CCCN1C(=O)[C@H](CCCCN)NC(=O)c1ccc(C(C)(C)C)cc1)C(=O)N[C@@H](CC(C)C)C(=O)O. The molecule has 1 saturated heterocycles. The van der Waals surface area contributed by atoms with Gasteiger partial charge in [-0.05, 0) is 97.7 Å². The first-order valence-electron chi connectivity index (χ1n) is 20.2. The summed E-state index contributed by atoms with van der Waals surface area (Å²) >= 11 is 0. The van der Waals surface area contributed by atoms with Crippen LogP contribution in [0.2, 0.25) is 0 Å². The van der Waals surface area contributed by atoms with E-state index in [1.54, 1.807) is 31.2 Å². The lowest BCUT2D eigenvalue weighted by molar-refractivity contribution is -0.143. The Morgan fingerprint density at radius 3 is 2.05 bits per heavy atom. The van der Waals surface area contributed by atoms with Crippen molar-refractivity contribution in [1.29, 1.82) is 0 Å². The van der Waals surface area contributed by atoms with Gasteiger partial charge in [0.05, 0.1) is 0 Å². The van der Waals surface area contributed by atoms with E-state index in [-0.39, 0.29) is 36.5 Å². The molecule has 0 saturated carbocycles. The van der Waals surface area contributed by atoms with Crippen LogP contribution in [0, 0.1) is 11.8 Å². The third-order valence-electron chi connectivity index (χ3n) is 10.5. The first kappa shape index (κ1) is 46.4. The topological polar surface area (TPSA) is 220 Å². The summed E-state index contributed by atoms with van der Waals surface area (Å²) in [5.41, 5.74) is 7.71. The van der Waals surface area contributed by atoms with E-state index < -0.39 is 71.6 Å². The second-order valence-corrected chi connectivity index (χ2v) is 16.7. The number of nitrogens with zero attached hydrogens (tertiary/aromatic N) is 1. The Morgan fingerprint density at radius 2 is 1.49 bits per heavy atom. The van der Waals surface area contributed by atoms with Crippen LogP contribution in [0.1, 0.15) is 115 Å². The second-order valence-electron chi connectivity index (χ2n) is 16.7. The molecule has 0 aliphatic carbocycles.